The first kappa shape index (κ1) is 21.0. The van der Waals surface area contributed by atoms with Gasteiger partial charge >= 0.3 is 0 Å². The Morgan fingerprint density at radius 3 is 2.79 bits per heavy atom. The van der Waals surface area contributed by atoms with E-state index in [0.29, 0.717) is 12.5 Å². The molecule has 0 aliphatic carbocycles. The van der Waals surface area contributed by atoms with Gasteiger partial charge in [0.1, 0.15) is 23.2 Å². The molecule has 0 spiro atoms. The maximum Gasteiger partial charge on any atom is 0.275 e. The van der Waals surface area contributed by atoms with Crippen LogP contribution in [0.5, 0.6) is 5.88 Å². The van der Waals surface area contributed by atoms with Gasteiger partial charge in [-0.25, -0.2) is 23.7 Å². The summed E-state index contributed by atoms with van der Waals surface area (Å²) in [5.41, 5.74) is 4.64. The van der Waals surface area contributed by atoms with Gasteiger partial charge in [0.05, 0.1) is 19.0 Å². The fourth-order valence-electron chi connectivity index (χ4n) is 3.07. The van der Waals surface area contributed by atoms with Crippen LogP contribution in [0.3, 0.4) is 0 Å². The molecule has 0 radical (unpaired) electrons. The summed E-state index contributed by atoms with van der Waals surface area (Å²) in [6.45, 7) is 5.39. The molecule has 3 rings (SSSR count). The Bertz CT molecular complexity index is 941. The van der Waals surface area contributed by atoms with Gasteiger partial charge in [-0.05, 0) is 39.0 Å². The third-order valence-corrected chi connectivity index (χ3v) is 5.46. The summed E-state index contributed by atoms with van der Waals surface area (Å²) >= 11 is 1.10. The first-order valence-electron chi connectivity index (χ1n) is 8.97. The lowest BCUT2D eigenvalue weighted by molar-refractivity contribution is 0.102. The van der Waals surface area contributed by atoms with Crippen molar-refractivity contribution >= 4 is 28.5 Å². The Labute approximate surface area is 171 Å². The Morgan fingerprint density at radius 1 is 1.38 bits per heavy atom. The van der Waals surface area contributed by atoms with E-state index in [1.54, 1.807) is 13.8 Å². The van der Waals surface area contributed by atoms with E-state index in [1.807, 2.05) is 0 Å². The van der Waals surface area contributed by atoms with Gasteiger partial charge in [-0.2, -0.15) is 0 Å². The molecule has 3 N–H and O–H groups in total. The van der Waals surface area contributed by atoms with Crippen LogP contribution in [0.25, 0.3) is 0 Å². The van der Waals surface area contributed by atoms with E-state index in [2.05, 4.69) is 20.3 Å². The lowest BCUT2D eigenvalue weighted by atomic mass is 9.85. The van der Waals surface area contributed by atoms with E-state index in [0.717, 1.165) is 17.8 Å². The van der Waals surface area contributed by atoms with Crippen LogP contribution < -0.4 is 15.8 Å². The second kappa shape index (κ2) is 8.32. The van der Waals surface area contributed by atoms with Crippen LogP contribution in [0.2, 0.25) is 0 Å². The van der Waals surface area contributed by atoms with Crippen molar-refractivity contribution in [1.82, 2.24) is 9.97 Å². The molecule has 1 aliphatic rings. The van der Waals surface area contributed by atoms with Crippen LogP contribution in [0.15, 0.2) is 35.6 Å². The number of hydrogen-bond donors (Lipinski definition) is 2. The number of aliphatic imine (C=N–C) groups is 1. The number of rotatable bonds is 5. The molecule has 0 saturated heterocycles. The minimum atomic E-state index is -1.50. The standard InChI is InChI=1S/C19H21F2N5O2S/c1-4-28-15-9-23-14(8-24-15)17(27)25-11-5-6-13(20)12(7-11)19(3)16(21)10(2)29-18(22)26-19/h5-10,16H,4H2,1-3H3,(H2,22,26)(H,25,27)/t10-,16+,19-/m1/s1. The molecule has 154 valence electrons. The molecular formula is C19H21F2N5O2S. The van der Waals surface area contributed by atoms with Crippen molar-refractivity contribution in [3.8, 4) is 5.88 Å². The van der Waals surface area contributed by atoms with Crippen molar-refractivity contribution < 1.29 is 18.3 Å². The number of nitrogens with zero attached hydrogens (tertiary/aromatic N) is 3. The first-order valence-corrected chi connectivity index (χ1v) is 9.84. The predicted molar refractivity (Wildman–Crippen MR) is 108 cm³/mol. The van der Waals surface area contributed by atoms with Crippen LogP contribution in [-0.2, 0) is 5.54 Å². The zero-order valence-electron chi connectivity index (χ0n) is 16.1. The van der Waals surface area contributed by atoms with Crippen LogP contribution in [0.1, 0.15) is 36.8 Å². The summed E-state index contributed by atoms with van der Waals surface area (Å²) in [5.74, 6) is -0.880. The molecule has 1 aromatic heterocycles. The Morgan fingerprint density at radius 2 is 2.14 bits per heavy atom. The van der Waals surface area contributed by atoms with Crippen molar-refractivity contribution in [2.24, 2.45) is 10.7 Å². The number of amides is 1. The number of hydrogen-bond acceptors (Lipinski definition) is 7. The largest absolute Gasteiger partial charge is 0.477 e. The number of nitrogens with two attached hydrogens (primary N) is 1. The molecular weight excluding hydrogens is 400 g/mol. The van der Waals surface area contributed by atoms with Crippen molar-refractivity contribution in [2.75, 3.05) is 11.9 Å². The van der Waals surface area contributed by atoms with E-state index in [4.69, 9.17) is 10.5 Å². The molecule has 3 atom stereocenters. The maximum absolute atomic E-state index is 15.0. The van der Waals surface area contributed by atoms with E-state index in [9.17, 15) is 13.6 Å². The average Bonchev–Trinajstić information content (AvgIpc) is 2.68. The van der Waals surface area contributed by atoms with E-state index >= 15 is 0 Å². The molecule has 1 aromatic carbocycles. The average molecular weight is 421 g/mol. The molecule has 0 unspecified atom stereocenters. The SMILES string of the molecule is CCOc1cnc(C(=O)Nc2ccc(F)c([C@@]3(C)N=C(N)S[C@H](C)[C@@H]3F)c2)cn1. The van der Waals surface area contributed by atoms with Gasteiger partial charge in [0.2, 0.25) is 5.88 Å². The van der Waals surface area contributed by atoms with Crippen molar-refractivity contribution in [2.45, 2.75) is 37.7 Å². The van der Waals surface area contributed by atoms with Gasteiger partial charge in [-0.1, -0.05) is 11.8 Å². The Balaban J connectivity index is 1.87. The van der Waals surface area contributed by atoms with Gasteiger partial charge in [0.15, 0.2) is 5.17 Å². The van der Waals surface area contributed by atoms with E-state index < -0.39 is 28.7 Å². The lowest BCUT2D eigenvalue weighted by Gasteiger charge is -2.37. The number of aromatic nitrogens is 2. The number of anilines is 1. The molecule has 1 amide bonds. The fraction of sp³-hybridized carbons (Fsp3) is 0.368. The molecule has 0 fully saturated rings. The normalized spacial score (nSPS) is 24.0. The zero-order chi connectivity index (χ0) is 21.2. The number of carbonyl (C=O) groups is 1. The maximum atomic E-state index is 15.0. The first-order chi connectivity index (χ1) is 13.7. The Hall–Kier alpha value is -2.75. The van der Waals surface area contributed by atoms with Crippen LogP contribution >= 0.6 is 11.8 Å². The molecule has 10 heteroatoms. The third kappa shape index (κ3) is 4.31. The molecule has 0 saturated carbocycles. The highest BCUT2D eigenvalue weighted by atomic mass is 32.2. The van der Waals surface area contributed by atoms with Gasteiger partial charge in [0.25, 0.3) is 5.91 Å². The van der Waals surface area contributed by atoms with Gasteiger partial charge in [-0.15, -0.1) is 0 Å². The molecule has 2 heterocycles. The third-order valence-electron chi connectivity index (χ3n) is 4.52. The summed E-state index contributed by atoms with van der Waals surface area (Å²) in [5, 5.41) is 2.31. The lowest BCUT2D eigenvalue weighted by Crippen LogP contribution is -2.44. The monoisotopic (exact) mass is 421 g/mol. The molecule has 7 nitrogen and oxygen atoms in total. The summed E-state index contributed by atoms with van der Waals surface area (Å²) in [6, 6.07) is 3.90. The predicted octanol–water partition coefficient (Wildman–Crippen LogP) is 3.27. The summed E-state index contributed by atoms with van der Waals surface area (Å²) in [4.78, 5) is 24.6. The van der Waals surface area contributed by atoms with Gasteiger partial charge in [0, 0.05) is 16.5 Å². The van der Waals surface area contributed by atoms with Crippen molar-refractivity contribution in [1.29, 1.82) is 0 Å². The number of nitrogens with one attached hydrogen (secondary N) is 1. The highest BCUT2D eigenvalue weighted by Gasteiger charge is 2.45. The number of ether oxygens (including phenoxy) is 1. The van der Waals surface area contributed by atoms with E-state index in [1.165, 1.54) is 31.5 Å². The molecule has 1 aliphatic heterocycles. The number of amidine groups is 1. The summed E-state index contributed by atoms with van der Waals surface area (Å²) < 4.78 is 34.7. The highest BCUT2D eigenvalue weighted by molar-refractivity contribution is 8.14. The number of carbonyl (C=O) groups excluding carboxylic acids is 1. The highest BCUT2D eigenvalue weighted by Crippen LogP contribution is 2.42. The Kier molecular flexibility index (Phi) is 6.02. The van der Waals surface area contributed by atoms with Crippen molar-refractivity contribution in [3.63, 3.8) is 0 Å². The topological polar surface area (TPSA) is 102 Å². The fourth-order valence-corrected chi connectivity index (χ4v) is 4.08. The number of alkyl halides is 1. The molecule has 0 bridgehead atoms. The second-order valence-electron chi connectivity index (χ2n) is 6.64. The van der Waals surface area contributed by atoms with Crippen molar-refractivity contribution in [3.05, 3.63) is 47.7 Å². The minimum Gasteiger partial charge on any atom is -0.477 e. The molecule has 29 heavy (non-hydrogen) atoms. The van der Waals surface area contributed by atoms with Gasteiger partial charge < -0.3 is 15.8 Å². The molecule has 2 aromatic rings. The number of benzene rings is 1. The number of halogens is 2. The number of thioether (sulfide) groups is 1. The van der Waals surface area contributed by atoms with Crippen LogP contribution in [0, 0.1) is 5.82 Å². The smallest absolute Gasteiger partial charge is 0.275 e. The van der Waals surface area contributed by atoms with E-state index in [-0.39, 0.29) is 22.1 Å². The van der Waals surface area contributed by atoms with Crippen LogP contribution in [0.4, 0.5) is 14.5 Å². The van der Waals surface area contributed by atoms with Crippen LogP contribution in [-0.4, -0.2) is 39.1 Å². The minimum absolute atomic E-state index is 0.00989. The quantitative estimate of drug-likeness (QED) is 0.768. The second-order valence-corrected chi connectivity index (χ2v) is 8.04. The summed E-state index contributed by atoms with van der Waals surface area (Å²) in [6.07, 6.45) is 1.15. The van der Waals surface area contributed by atoms with Gasteiger partial charge in [-0.3, -0.25) is 4.79 Å². The summed E-state index contributed by atoms with van der Waals surface area (Å²) in [7, 11) is 0. The zero-order valence-corrected chi connectivity index (χ0v) is 17.0.